The summed E-state index contributed by atoms with van der Waals surface area (Å²) < 4.78 is 5.92. The molecule has 0 saturated heterocycles. The first-order valence-corrected chi connectivity index (χ1v) is 6.66. The van der Waals surface area contributed by atoms with E-state index in [1.54, 1.807) is 18.2 Å². The molecule has 1 aromatic carbocycles. The Kier molecular flexibility index (Phi) is 4.22. The van der Waals surface area contributed by atoms with Gasteiger partial charge in [0.1, 0.15) is 5.76 Å². The molecule has 1 N–H and O–H groups in total. The van der Waals surface area contributed by atoms with Crippen molar-refractivity contribution in [3.63, 3.8) is 0 Å². The molecule has 0 radical (unpaired) electrons. The van der Waals surface area contributed by atoms with Crippen molar-refractivity contribution in [3.8, 4) is 0 Å². The maximum absolute atomic E-state index is 11.8. The van der Waals surface area contributed by atoms with E-state index in [0.717, 1.165) is 16.8 Å². The zero-order valence-electron chi connectivity index (χ0n) is 10.7. The molecule has 0 fully saturated rings. The first-order valence-electron chi connectivity index (χ1n) is 5.87. The Hall–Kier alpha value is -1.81. The highest BCUT2D eigenvalue weighted by Gasteiger charge is 2.03. The first kappa shape index (κ1) is 13.6. The molecule has 0 saturated carbocycles. The minimum atomic E-state index is -0.179. The Morgan fingerprint density at radius 3 is 2.74 bits per heavy atom. The van der Waals surface area contributed by atoms with E-state index in [9.17, 15) is 4.79 Å². The van der Waals surface area contributed by atoms with Gasteiger partial charge in [-0.25, -0.2) is 0 Å². The number of carbonyl (C=O) groups excluding carboxylic acids is 1. The second kappa shape index (κ2) is 5.89. The molecule has 2 rings (SSSR count). The minimum absolute atomic E-state index is 0.179. The summed E-state index contributed by atoms with van der Waals surface area (Å²) in [6, 6.07) is 9.39. The molecule has 0 aliphatic heterocycles. The summed E-state index contributed by atoms with van der Waals surface area (Å²) in [5, 5.41) is 2.85. The van der Waals surface area contributed by atoms with E-state index in [0.29, 0.717) is 10.4 Å². The van der Waals surface area contributed by atoms with E-state index in [4.69, 9.17) is 4.42 Å². The van der Waals surface area contributed by atoms with Gasteiger partial charge in [-0.15, -0.1) is 0 Å². The minimum Gasteiger partial charge on any atom is -0.450 e. The third-order valence-electron chi connectivity index (χ3n) is 2.86. The molecule has 0 aliphatic carbocycles. The Bertz CT molecular complexity index is 629. The SMILES string of the molecule is Cc1cccc(NC(=O)C=Cc2ccc(Br)o2)c1C. The number of aryl methyl sites for hydroxylation is 1. The van der Waals surface area contributed by atoms with Crippen LogP contribution in [0.25, 0.3) is 6.08 Å². The highest BCUT2D eigenvalue weighted by Crippen LogP contribution is 2.18. The average molecular weight is 320 g/mol. The summed E-state index contributed by atoms with van der Waals surface area (Å²) in [5.41, 5.74) is 3.05. The molecular weight excluding hydrogens is 306 g/mol. The Labute approximate surface area is 120 Å². The number of benzene rings is 1. The van der Waals surface area contributed by atoms with Crippen LogP contribution in [0, 0.1) is 13.8 Å². The van der Waals surface area contributed by atoms with Gasteiger partial charge >= 0.3 is 0 Å². The fourth-order valence-electron chi connectivity index (χ4n) is 1.64. The molecule has 98 valence electrons. The van der Waals surface area contributed by atoms with Gasteiger partial charge in [-0.2, -0.15) is 0 Å². The summed E-state index contributed by atoms with van der Waals surface area (Å²) in [4.78, 5) is 11.8. The van der Waals surface area contributed by atoms with Gasteiger partial charge in [0.2, 0.25) is 5.91 Å². The molecule has 1 heterocycles. The van der Waals surface area contributed by atoms with Crippen LogP contribution < -0.4 is 5.32 Å². The molecule has 1 aromatic heterocycles. The number of anilines is 1. The lowest BCUT2D eigenvalue weighted by atomic mass is 10.1. The Balaban J connectivity index is 2.05. The topological polar surface area (TPSA) is 42.2 Å². The molecule has 0 spiro atoms. The van der Waals surface area contributed by atoms with Crippen LogP contribution in [0.1, 0.15) is 16.9 Å². The molecule has 4 heteroatoms. The lowest BCUT2D eigenvalue weighted by Gasteiger charge is -2.08. The van der Waals surface area contributed by atoms with Crippen LogP contribution >= 0.6 is 15.9 Å². The van der Waals surface area contributed by atoms with Crippen LogP contribution in [0.4, 0.5) is 5.69 Å². The zero-order chi connectivity index (χ0) is 13.8. The highest BCUT2D eigenvalue weighted by molar-refractivity contribution is 9.10. The third kappa shape index (κ3) is 3.58. The van der Waals surface area contributed by atoms with E-state index in [1.807, 2.05) is 32.0 Å². The van der Waals surface area contributed by atoms with Crippen molar-refractivity contribution in [1.82, 2.24) is 0 Å². The summed E-state index contributed by atoms with van der Waals surface area (Å²) in [6.07, 6.45) is 3.08. The lowest BCUT2D eigenvalue weighted by Crippen LogP contribution is -2.09. The van der Waals surface area contributed by atoms with E-state index in [1.165, 1.54) is 6.08 Å². The number of furan rings is 1. The first-order chi connectivity index (χ1) is 9.06. The summed E-state index contributed by atoms with van der Waals surface area (Å²) in [7, 11) is 0. The maximum atomic E-state index is 11.8. The van der Waals surface area contributed by atoms with Crippen molar-refractivity contribution < 1.29 is 9.21 Å². The third-order valence-corrected chi connectivity index (χ3v) is 3.28. The number of nitrogens with one attached hydrogen (secondary N) is 1. The predicted octanol–water partition coefficient (Wildman–Crippen LogP) is 4.31. The van der Waals surface area contributed by atoms with Gasteiger partial charge in [0, 0.05) is 11.8 Å². The average Bonchev–Trinajstić information content (AvgIpc) is 2.78. The molecule has 0 aliphatic rings. The number of amides is 1. The van der Waals surface area contributed by atoms with Crippen molar-refractivity contribution >= 4 is 33.6 Å². The van der Waals surface area contributed by atoms with Crippen molar-refractivity contribution in [2.75, 3.05) is 5.32 Å². The van der Waals surface area contributed by atoms with E-state index < -0.39 is 0 Å². The molecule has 3 nitrogen and oxygen atoms in total. The summed E-state index contributed by atoms with van der Waals surface area (Å²) in [6.45, 7) is 4.00. The van der Waals surface area contributed by atoms with Gasteiger partial charge in [0.15, 0.2) is 4.67 Å². The van der Waals surface area contributed by atoms with Crippen molar-refractivity contribution in [2.24, 2.45) is 0 Å². The normalized spacial score (nSPS) is 10.9. The number of carbonyl (C=O) groups is 1. The second-order valence-electron chi connectivity index (χ2n) is 4.21. The van der Waals surface area contributed by atoms with Gasteiger partial charge in [-0.1, -0.05) is 12.1 Å². The van der Waals surface area contributed by atoms with Gasteiger partial charge in [0.25, 0.3) is 0 Å². The molecule has 1 amide bonds. The quantitative estimate of drug-likeness (QED) is 0.856. The van der Waals surface area contributed by atoms with Gasteiger partial charge < -0.3 is 9.73 Å². The van der Waals surface area contributed by atoms with Crippen LogP contribution in [0.5, 0.6) is 0 Å². The highest BCUT2D eigenvalue weighted by atomic mass is 79.9. The second-order valence-corrected chi connectivity index (χ2v) is 4.99. The molecular formula is C15H14BrNO2. The summed E-state index contributed by atoms with van der Waals surface area (Å²) in [5.74, 6) is 0.448. The molecule has 0 bridgehead atoms. The van der Waals surface area contributed by atoms with Crippen LogP contribution in [-0.2, 0) is 4.79 Å². The smallest absolute Gasteiger partial charge is 0.248 e. The van der Waals surface area contributed by atoms with E-state index in [2.05, 4.69) is 21.2 Å². The summed E-state index contributed by atoms with van der Waals surface area (Å²) >= 11 is 3.21. The lowest BCUT2D eigenvalue weighted by molar-refractivity contribution is -0.111. The number of rotatable bonds is 3. The van der Waals surface area contributed by atoms with Crippen LogP contribution in [0.15, 0.2) is 45.5 Å². The van der Waals surface area contributed by atoms with Crippen LogP contribution in [-0.4, -0.2) is 5.91 Å². The van der Waals surface area contributed by atoms with E-state index in [-0.39, 0.29) is 5.91 Å². The Morgan fingerprint density at radius 1 is 1.26 bits per heavy atom. The van der Waals surface area contributed by atoms with Gasteiger partial charge in [-0.3, -0.25) is 4.79 Å². The largest absolute Gasteiger partial charge is 0.450 e. The number of halogens is 1. The van der Waals surface area contributed by atoms with Crippen LogP contribution in [0.2, 0.25) is 0 Å². The van der Waals surface area contributed by atoms with Crippen molar-refractivity contribution in [3.05, 3.63) is 58.0 Å². The number of hydrogen-bond acceptors (Lipinski definition) is 2. The molecule has 0 unspecified atom stereocenters. The fraction of sp³-hybridized carbons (Fsp3) is 0.133. The number of hydrogen-bond donors (Lipinski definition) is 1. The van der Waals surface area contributed by atoms with E-state index >= 15 is 0 Å². The van der Waals surface area contributed by atoms with Gasteiger partial charge in [-0.05, 0) is 65.2 Å². The van der Waals surface area contributed by atoms with Crippen LogP contribution in [0.3, 0.4) is 0 Å². The van der Waals surface area contributed by atoms with Gasteiger partial charge in [0.05, 0.1) is 0 Å². The molecule has 2 aromatic rings. The Morgan fingerprint density at radius 2 is 2.05 bits per heavy atom. The van der Waals surface area contributed by atoms with Crippen molar-refractivity contribution in [1.29, 1.82) is 0 Å². The van der Waals surface area contributed by atoms with Crippen molar-refractivity contribution in [2.45, 2.75) is 13.8 Å². The fourth-order valence-corrected chi connectivity index (χ4v) is 1.96. The zero-order valence-corrected chi connectivity index (χ0v) is 12.3. The monoisotopic (exact) mass is 319 g/mol. The standard InChI is InChI=1S/C15H14BrNO2/c1-10-4-3-5-13(11(10)2)17-15(18)9-7-12-6-8-14(16)19-12/h3-9H,1-2H3,(H,17,18). The molecule has 19 heavy (non-hydrogen) atoms. The maximum Gasteiger partial charge on any atom is 0.248 e. The molecule has 0 atom stereocenters. The predicted molar refractivity (Wildman–Crippen MR) is 80.0 cm³/mol.